The van der Waals surface area contributed by atoms with Gasteiger partial charge in [-0.2, -0.15) is 0 Å². The first-order valence-electron chi connectivity index (χ1n) is 13.1. The van der Waals surface area contributed by atoms with Gasteiger partial charge in [-0.25, -0.2) is 4.79 Å². The van der Waals surface area contributed by atoms with Gasteiger partial charge in [0.2, 0.25) is 11.8 Å². The maximum Gasteiger partial charge on any atom is 0.335 e. The van der Waals surface area contributed by atoms with Crippen molar-refractivity contribution in [2.75, 3.05) is 26.2 Å². The lowest BCUT2D eigenvalue weighted by Gasteiger charge is -2.40. The third-order valence-electron chi connectivity index (χ3n) is 6.49. The number of amides is 3. The van der Waals surface area contributed by atoms with Gasteiger partial charge in [-0.1, -0.05) is 58.8 Å². The number of aromatic carboxylic acids is 1. The van der Waals surface area contributed by atoms with Crippen molar-refractivity contribution in [2.24, 2.45) is 0 Å². The summed E-state index contributed by atoms with van der Waals surface area (Å²) in [6.45, 7) is 5.61. The largest absolute Gasteiger partial charge is 0.478 e. The standard InChI is InChI=1S/C27H41N3O5/c1-3-5-7-9-10-12-24(31)30-19-18-29(20-23(30)25(32)28-17-11-8-6-4-2)26(33)21-13-15-22(16-14-21)27(34)35/h13-16,23H,3-12,17-20H2,1-2H3,(H,28,32)(H,34,35)/t23-/m1/s1. The fourth-order valence-electron chi connectivity index (χ4n) is 4.33. The van der Waals surface area contributed by atoms with Crippen LogP contribution in [0.15, 0.2) is 24.3 Å². The van der Waals surface area contributed by atoms with Crippen molar-refractivity contribution in [3.8, 4) is 0 Å². The predicted molar refractivity (Wildman–Crippen MR) is 135 cm³/mol. The lowest BCUT2D eigenvalue weighted by atomic mass is 10.1. The Morgan fingerprint density at radius 3 is 2.09 bits per heavy atom. The molecule has 0 spiro atoms. The molecule has 3 amide bonds. The van der Waals surface area contributed by atoms with Crippen LogP contribution in [0.25, 0.3) is 0 Å². The molecule has 194 valence electrons. The highest BCUT2D eigenvalue weighted by molar-refractivity contribution is 5.97. The van der Waals surface area contributed by atoms with Crippen molar-refractivity contribution in [1.82, 2.24) is 15.1 Å². The summed E-state index contributed by atoms with van der Waals surface area (Å²) in [5.74, 6) is -1.58. The highest BCUT2D eigenvalue weighted by Crippen LogP contribution is 2.17. The van der Waals surface area contributed by atoms with Crippen LogP contribution in [0.1, 0.15) is 98.8 Å². The minimum Gasteiger partial charge on any atom is -0.478 e. The molecule has 0 aliphatic carbocycles. The zero-order valence-corrected chi connectivity index (χ0v) is 21.3. The van der Waals surface area contributed by atoms with Gasteiger partial charge in [0.15, 0.2) is 0 Å². The van der Waals surface area contributed by atoms with E-state index >= 15 is 0 Å². The number of hydrogen-bond acceptors (Lipinski definition) is 4. The zero-order chi connectivity index (χ0) is 25.6. The molecule has 8 nitrogen and oxygen atoms in total. The number of hydrogen-bond donors (Lipinski definition) is 2. The Labute approximate surface area is 209 Å². The van der Waals surface area contributed by atoms with E-state index in [0.717, 1.165) is 57.8 Å². The van der Waals surface area contributed by atoms with E-state index in [1.54, 1.807) is 9.80 Å². The Hall–Kier alpha value is -2.90. The molecule has 8 heteroatoms. The number of piperazine rings is 1. The molecule has 0 aromatic heterocycles. The molecule has 0 saturated carbocycles. The van der Waals surface area contributed by atoms with E-state index in [1.807, 2.05) is 0 Å². The molecule has 2 rings (SSSR count). The van der Waals surface area contributed by atoms with E-state index in [2.05, 4.69) is 19.2 Å². The second-order valence-electron chi connectivity index (χ2n) is 9.25. The van der Waals surface area contributed by atoms with Crippen LogP contribution in [-0.2, 0) is 9.59 Å². The van der Waals surface area contributed by atoms with E-state index in [-0.39, 0.29) is 29.8 Å². The fourth-order valence-corrected chi connectivity index (χ4v) is 4.33. The van der Waals surface area contributed by atoms with Gasteiger partial charge in [0.05, 0.1) is 12.1 Å². The molecule has 1 saturated heterocycles. The molecule has 1 aliphatic rings. The average molecular weight is 488 g/mol. The second kappa shape index (κ2) is 15.2. The monoisotopic (exact) mass is 487 g/mol. The van der Waals surface area contributed by atoms with Gasteiger partial charge < -0.3 is 20.2 Å². The topological polar surface area (TPSA) is 107 Å². The van der Waals surface area contributed by atoms with Crippen LogP contribution in [0.4, 0.5) is 0 Å². The number of nitrogens with one attached hydrogen (secondary N) is 1. The lowest BCUT2D eigenvalue weighted by molar-refractivity contribution is -0.143. The number of carboxylic acids is 1. The molecule has 2 N–H and O–H groups in total. The Kier molecular flexibility index (Phi) is 12.3. The quantitative estimate of drug-likeness (QED) is 0.384. The molecule has 0 unspecified atom stereocenters. The van der Waals surface area contributed by atoms with Crippen molar-refractivity contribution in [2.45, 2.75) is 84.1 Å². The van der Waals surface area contributed by atoms with E-state index in [4.69, 9.17) is 5.11 Å². The summed E-state index contributed by atoms with van der Waals surface area (Å²) in [7, 11) is 0. The summed E-state index contributed by atoms with van der Waals surface area (Å²) in [6, 6.07) is 5.05. The number of carboxylic acid groups (broad SMARTS) is 1. The van der Waals surface area contributed by atoms with Crippen LogP contribution in [0, 0.1) is 0 Å². The summed E-state index contributed by atoms with van der Waals surface area (Å²) in [5, 5.41) is 12.0. The fraction of sp³-hybridized carbons (Fsp3) is 0.630. The van der Waals surface area contributed by atoms with Crippen LogP contribution in [-0.4, -0.2) is 70.8 Å². The SMILES string of the molecule is CCCCCCCC(=O)N1CCN(C(=O)c2ccc(C(=O)O)cc2)C[C@@H]1C(=O)NCCCCCC. The lowest BCUT2D eigenvalue weighted by Crippen LogP contribution is -2.61. The van der Waals surface area contributed by atoms with Gasteiger partial charge in [0.25, 0.3) is 5.91 Å². The molecule has 35 heavy (non-hydrogen) atoms. The van der Waals surface area contributed by atoms with Gasteiger partial charge in [-0.05, 0) is 37.1 Å². The highest BCUT2D eigenvalue weighted by atomic mass is 16.4. The highest BCUT2D eigenvalue weighted by Gasteiger charge is 2.36. The van der Waals surface area contributed by atoms with Crippen molar-refractivity contribution >= 4 is 23.7 Å². The van der Waals surface area contributed by atoms with Gasteiger partial charge in [0.1, 0.15) is 6.04 Å². The van der Waals surface area contributed by atoms with Crippen LogP contribution >= 0.6 is 0 Å². The maximum atomic E-state index is 13.1. The number of unbranched alkanes of at least 4 members (excludes halogenated alkanes) is 7. The number of rotatable bonds is 14. The normalized spacial score (nSPS) is 15.7. The molecule has 0 radical (unpaired) electrons. The van der Waals surface area contributed by atoms with Gasteiger partial charge in [0, 0.05) is 31.6 Å². The number of nitrogens with zero attached hydrogens (tertiary/aromatic N) is 2. The van der Waals surface area contributed by atoms with E-state index in [0.29, 0.717) is 31.6 Å². The van der Waals surface area contributed by atoms with Crippen LogP contribution in [0.5, 0.6) is 0 Å². The van der Waals surface area contributed by atoms with Gasteiger partial charge in [-0.15, -0.1) is 0 Å². The van der Waals surface area contributed by atoms with Crippen LogP contribution in [0.3, 0.4) is 0 Å². The summed E-state index contributed by atoms with van der Waals surface area (Å²) in [6.07, 6.45) is 9.78. The van der Waals surface area contributed by atoms with E-state index < -0.39 is 12.0 Å². The first-order valence-corrected chi connectivity index (χ1v) is 13.1. The molecule has 1 heterocycles. The first-order chi connectivity index (χ1) is 16.9. The van der Waals surface area contributed by atoms with Crippen LogP contribution < -0.4 is 5.32 Å². The predicted octanol–water partition coefficient (Wildman–Crippen LogP) is 4.09. The number of benzene rings is 1. The Balaban J connectivity index is 2.05. The number of carbonyl (C=O) groups is 4. The summed E-state index contributed by atoms with van der Waals surface area (Å²) in [5.41, 5.74) is 0.473. The summed E-state index contributed by atoms with van der Waals surface area (Å²) < 4.78 is 0. The average Bonchev–Trinajstić information content (AvgIpc) is 2.87. The van der Waals surface area contributed by atoms with Crippen molar-refractivity contribution in [1.29, 1.82) is 0 Å². The first kappa shape index (κ1) is 28.3. The summed E-state index contributed by atoms with van der Waals surface area (Å²) in [4.78, 5) is 53.5. The molecule has 1 aromatic rings. The summed E-state index contributed by atoms with van der Waals surface area (Å²) >= 11 is 0. The van der Waals surface area contributed by atoms with E-state index in [1.165, 1.54) is 24.3 Å². The Bertz CT molecular complexity index is 840. The molecular formula is C27H41N3O5. The third kappa shape index (κ3) is 9.00. The number of carbonyl (C=O) groups excluding carboxylic acids is 3. The molecule has 1 aliphatic heterocycles. The Morgan fingerprint density at radius 1 is 0.857 bits per heavy atom. The third-order valence-corrected chi connectivity index (χ3v) is 6.49. The minimum atomic E-state index is -1.05. The van der Waals surface area contributed by atoms with Crippen molar-refractivity contribution < 1.29 is 24.3 Å². The van der Waals surface area contributed by atoms with Crippen molar-refractivity contribution in [3.05, 3.63) is 35.4 Å². The zero-order valence-electron chi connectivity index (χ0n) is 21.3. The molecule has 1 atom stereocenters. The Morgan fingerprint density at radius 2 is 1.46 bits per heavy atom. The molecular weight excluding hydrogens is 446 g/mol. The second-order valence-corrected chi connectivity index (χ2v) is 9.25. The van der Waals surface area contributed by atoms with Crippen LogP contribution in [0.2, 0.25) is 0 Å². The molecule has 0 bridgehead atoms. The molecule has 1 aromatic carbocycles. The van der Waals surface area contributed by atoms with Gasteiger partial charge in [-0.3, -0.25) is 14.4 Å². The minimum absolute atomic E-state index is 0.0365. The van der Waals surface area contributed by atoms with Gasteiger partial charge >= 0.3 is 5.97 Å². The molecule has 1 fully saturated rings. The van der Waals surface area contributed by atoms with Crippen molar-refractivity contribution in [3.63, 3.8) is 0 Å². The van der Waals surface area contributed by atoms with E-state index in [9.17, 15) is 19.2 Å². The smallest absolute Gasteiger partial charge is 0.335 e. The maximum absolute atomic E-state index is 13.1.